The van der Waals surface area contributed by atoms with E-state index in [-0.39, 0.29) is 19.0 Å². The van der Waals surface area contributed by atoms with Crippen LogP contribution in [0.3, 0.4) is 0 Å². The van der Waals surface area contributed by atoms with E-state index in [0.29, 0.717) is 22.6 Å². The summed E-state index contributed by atoms with van der Waals surface area (Å²) in [6, 6.07) is 13.7. The molecule has 0 bridgehead atoms. The summed E-state index contributed by atoms with van der Waals surface area (Å²) in [5.74, 6) is -2.62. The number of esters is 2. The molecule has 2 aromatic rings. The van der Waals surface area contributed by atoms with Gasteiger partial charge >= 0.3 is 11.9 Å². The maximum atomic E-state index is 13.4. The number of carbonyl (C=O) groups excluding carboxylic acids is 3. The Bertz CT molecular complexity index is 949. The Labute approximate surface area is 181 Å². The van der Waals surface area contributed by atoms with Crippen LogP contribution in [0.2, 0.25) is 0 Å². The number of ketones is 1. The first-order valence-electron chi connectivity index (χ1n) is 10.1. The highest BCUT2D eigenvalue weighted by Crippen LogP contribution is 2.67. The lowest BCUT2D eigenvalue weighted by molar-refractivity contribution is -0.165. The first kappa shape index (κ1) is 22.3. The molecule has 0 amide bonds. The summed E-state index contributed by atoms with van der Waals surface area (Å²) in [5.41, 5.74) is -0.750. The SMILES string of the molecule is CCOC(=O)C1(C(=O)OCC)[C@H](C(=O)c2ccccc2)[C@H]1c1ccc(OC)c(OC)c1. The maximum absolute atomic E-state index is 13.4. The lowest BCUT2D eigenvalue weighted by Crippen LogP contribution is -2.34. The van der Waals surface area contributed by atoms with Crippen LogP contribution in [-0.2, 0) is 19.1 Å². The van der Waals surface area contributed by atoms with Crippen LogP contribution in [0.5, 0.6) is 11.5 Å². The lowest BCUT2D eigenvalue weighted by Gasteiger charge is -2.16. The van der Waals surface area contributed by atoms with Crippen molar-refractivity contribution in [3.8, 4) is 11.5 Å². The Kier molecular flexibility index (Phi) is 6.63. The van der Waals surface area contributed by atoms with Crippen molar-refractivity contribution >= 4 is 17.7 Å². The van der Waals surface area contributed by atoms with Crippen LogP contribution in [0.15, 0.2) is 48.5 Å². The Morgan fingerprint density at radius 3 is 1.94 bits per heavy atom. The first-order valence-corrected chi connectivity index (χ1v) is 10.1. The molecule has 1 aliphatic carbocycles. The van der Waals surface area contributed by atoms with E-state index in [1.165, 1.54) is 14.2 Å². The van der Waals surface area contributed by atoms with E-state index in [2.05, 4.69) is 0 Å². The number of Topliss-reactive ketones (excluding diaryl/α,β-unsaturated/α-hetero) is 1. The zero-order valence-corrected chi connectivity index (χ0v) is 18.0. The predicted octanol–water partition coefficient (Wildman–Crippen LogP) is 3.41. The van der Waals surface area contributed by atoms with E-state index in [0.717, 1.165) is 0 Å². The number of carbonyl (C=O) groups is 3. The van der Waals surface area contributed by atoms with Crippen LogP contribution in [0.1, 0.15) is 35.7 Å². The third-order valence-electron chi connectivity index (χ3n) is 5.54. The Morgan fingerprint density at radius 1 is 0.839 bits per heavy atom. The standard InChI is InChI=1S/C24H26O7/c1-5-30-22(26)24(23(27)31-6-2)19(16-12-13-17(28-3)18(14-16)29-4)20(24)21(25)15-10-8-7-9-11-15/h7-14,19-20H,5-6H2,1-4H3/t19-,20+/m1/s1. The second kappa shape index (κ2) is 9.20. The highest BCUT2D eigenvalue weighted by atomic mass is 16.6. The molecule has 0 heterocycles. The summed E-state index contributed by atoms with van der Waals surface area (Å²) in [4.78, 5) is 39.7. The number of methoxy groups -OCH3 is 2. The second-order valence-corrected chi connectivity index (χ2v) is 7.11. The van der Waals surface area contributed by atoms with Crippen LogP contribution in [0.25, 0.3) is 0 Å². The molecular formula is C24H26O7. The zero-order chi connectivity index (χ0) is 22.6. The quantitative estimate of drug-likeness (QED) is 0.345. The molecule has 0 radical (unpaired) electrons. The largest absolute Gasteiger partial charge is 0.493 e. The molecule has 0 unspecified atom stereocenters. The molecule has 0 N–H and O–H groups in total. The minimum Gasteiger partial charge on any atom is -0.493 e. The van der Waals surface area contributed by atoms with E-state index in [1.807, 2.05) is 0 Å². The topological polar surface area (TPSA) is 88.1 Å². The summed E-state index contributed by atoms with van der Waals surface area (Å²) in [6.07, 6.45) is 0. The monoisotopic (exact) mass is 426 g/mol. The number of rotatable bonds is 9. The van der Waals surface area contributed by atoms with Crippen molar-refractivity contribution in [1.82, 2.24) is 0 Å². The van der Waals surface area contributed by atoms with Gasteiger partial charge in [0.25, 0.3) is 0 Å². The average molecular weight is 426 g/mol. The average Bonchev–Trinajstić information content (AvgIpc) is 3.50. The molecule has 1 saturated carbocycles. The van der Waals surface area contributed by atoms with Gasteiger partial charge < -0.3 is 18.9 Å². The van der Waals surface area contributed by atoms with E-state index < -0.39 is 29.2 Å². The Morgan fingerprint density at radius 2 is 1.42 bits per heavy atom. The summed E-state index contributed by atoms with van der Waals surface area (Å²) >= 11 is 0. The fraction of sp³-hybridized carbons (Fsp3) is 0.375. The van der Waals surface area contributed by atoms with Crippen LogP contribution in [0, 0.1) is 11.3 Å². The van der Waals surface area contributed by atoms with Crippen molar-refractivity contribution in [1.29, 1.82) is 0 Å². The van der Waals surface area contributed by atoms with Crippen molar-refractivity contribution in [3.05, 3.63) is 59.7 Å². The van der Waals surface area contributed by atoms with Gasteiger partial charge in [0.2, 0.25) is 0 Å². The third kappa shape index (κ3) is 3.76. The number of ether oxygens (including phenoxy) is 4. The minimum atomic E-state index is -1.75. The highest BCUT2D eigenvalue weighted by Gasteiger charge is 2.79. The molecule has 164 valence electrons. The summed E-state index contributed by atoms with van der Waals surface area (Å²) in [5, 5.41) is 0. The molecule has 2 aromatic carbocycles. The van der Waals surface area contributed by atoms with Crippen molar-refractivity contribution in [2.24, 2.45) is 11.3 Å². The Hall–Kier alpha value is -3.35. The molecule has 0 aliphatic heterocycles. The van der Waals surface area contributed by atoms with Gasteiger partial charge in [0.05, 0.1) is 33.4 Å². The molecule has 31 heavy (non-hydrogen) atoms. The van der Waals surface area contributed by atoms with Crippen molar-refractivity contribution in [2.45, 2.75) is 19.8 Å². The molecule has 7 nitrogen and oxygen atoms in total. The summed E-state index contributed by atoms with van der Waals surface area (Å²) < 4.78 is 21.2. The van der Waals surface area contributed by atoms with E-state index in [4.69, 9.17) is 18.9 Å². The molecule has 1 aliphatic rings. The normalized spacial score (nSPS) is 18.6. The fourth-order valence-corrected chi connectivity index (χ4v) is 4.12. The molecule has 1 fully saturated rings. The lowest BCUT2D eigenvalue weighted by atomic mass is 9.97. The smallest absolute Gasteiger partial charge is 0.324 e. The number of benzene rings is 2. The van der Waals surface area contributed by atoms with Crippen molar-refractivity contribution in [2.75, 3.05) is 27.4 Å². The van der Waals surface area contributed by atoms with Gasteiger partial charge in [-0.2, -0.15) is 0 Å². The van der Waals surface area contributed by atoms with Gasteiger partial charge in [-0.1, -0.05) is 36.4 Å². The zero-order valence-electron chi connectivity index (χ0n) is 18.0. The van der Waals surface area contributed by atoms with Gasteiger partial charge in [0.1, 0.15) is 0 Å². The van der Waals surface area contributed by atoms with Gasteiger partial charge in [-0.3, -0.25) is 14.4 Å². The van der Waals surface area contributed by atoms with Crippen LogP contribution >= 0.6 is 0 Å². The molecule has 0 saturated heterocycles. The van der Waals surface area contributed by atoms with E-state index in [9.17, 15) is 14.4 Å². The third-order valence-corrected chi connectivity index (χ3v) is 5.54. The minimum absolute atomic E-state index is 0.0743. The highest BCUT2D eigenvalue weighted by molar-refractivity contribution is 6.16. The second-order valence-electron chi connectivity index (χ2n) is 7.11. The van der Waals surface area contributed by atoms with Gasteiger partial charge in [-0.15, -0.1) is 0 Å². The van der Waals surface area contributed by atoms with Crippen molar-refractivity contribution < 1.29 is 33.3 Å². The van der Waals surface area contributed by atoms with Crippen LogP contribution in [-0.4, -0.2) is 45.2 Å². The number of hydrogen-bond donors (Lipinski definition) is 0. The molecule has 2 atom stereocenters. The maximum Gasteiger partial charge on any atom is 0.324 e. The van der Waals surface area contributed by atoms with Gasteiger partial charge in [-0.05, 0) is 31.5 Å². The molecule has 0 aromatic heterocycles. The summed E-state index contributed by atoms with van der Waals surface area (Å²) in [6.45, 7) is 3.45. The van der Waals surface area contributed by atoms with Gasteiger partial charge in [0.15, 0.2) is 22.7 Å². The predicted molar refractivity (Wildman–Crippen MR) is 112 cm³/mol. The molecule has 0 spiro atoms. The van der Waals surface area contributed by atoms with E-state index >= 15 is 0 Å². The molecule has 7 heteroatoms. The fourth-order valence-electron chi connectivity index (χ4n) is 4.12. The summed E-state index contributed by atoms with van der Waals surface area (Å²) in [7, 11) is 3.00. The van der Waals surface area contributed by atoms with Crippen LogP contribution < -0.4 is 9.47 Å². The first-order chi connectivity index (χ1) is 15.0. The van der Waals surface area contributed by atoms with E-state index in [1.54, 1.807) is 62.4 Å². The molecular weight excluding hydrogens is 400 g/mol. The number of hydrogen-bond acceptors (Lipinski definition) is 7. The van der Waals surface area contributed by atoms with Crippen LogP contribution in [0.4, 0.5) is 0 Å². The Balaban J connectivity index is 2.15. The van der Waals surface area contributed by atoms with Gasteiger partial charge in [0, 0.05) is 11.5 Å². The van der Waals surface area contributed by atoms with Crippen molar-refractivity contribution in [3.63, 3.8) is 0 Å². The molecule has 3 rings (SSSR count). The van der Waals surface area contributed by atoms with Gasteiger partial charge in [-0.25, -0.2) is 0 Å².